The van der Waals surface area contributed by atoms with Crippen molar-refractivity contribution < 1.29 is 35.5 Å². The van der Waals surface area contributed by atoms with Gasteiger partial charge in [-0.25, -0.2) is 17.6 Å². The van der Waals surface area contributed by atoms with Crippen molar-refractivity contribution in [2.75, 3.05) is 6.61 Å². The average molecular weight is 388 g/mol. The van der Waals surface area contributed by atoms with Gasteiger partial charge in [0.05, 0.1) is 12.2 Å². The largest absolute Gasteiger partial charge is 0.494 e. The average Bonchev–Trinajstić information content (AvgIpc) is 2.52. The minimum atomic E-state index is -5.21. The van der Waals surface area contributed by atoms with Gasteiger partial charge in [-0.15, -0.1) is 0 Å². The number of fused-ring (bicyclic) bond motifs is 1. The van der Waals surface area contributed by atoms with E-state index in [1.54, 1.807) is 6.92 Å². The van der Waals surface area contributed by atoms with Crippen LogP contribution in [0.1, 0.15) is 12.5 Å². The number of rotatable bonds is 3. The topological polar surface area (TPSA) is 9.23 Å². The van der Waals surface area contributed by atoms with Crippen molar-refractivity contribution in [3.8, 4) is 16.9 Å². The highest BCUT2D eigenvalue weighted by atomic mass is 19.4. The third-order valence-corrected chi connectivity index (χ3v) is 3.93. The highest BCUT2D eigenvalue weighted by Crippen LogP contribution is 2.38. The molecule has 27 heavy (non-hydrogen) atoms. The Morgan fingerprint density at radius 1 is 0.852 bits per heavy atom. The molecule has 142 valence electrons. The van der Waals surface area contributed by atoms with Crippen molar-refractivity contribution in [2.24, 2.45) is 0 Å². The molecule has 0 fully saturated rings. The lowest BCUT2D eigenvalue weighted by Gasteiger charge is -2.13. The van der Waals surface area contributed by atoms with Crippen LogP contribution in [-0.2, 0) is 6.18 Å². The zero-order valence-corrected chi connectivity index (χ0v) is 13.7. The Morgan fingerprint density at radius 3 is 2.04 bits per heavy atom. The molecule has 0 radical (unpaired) electrons. The van der Waals surface area contributed by atoms with Gasteiger partial charge in [-0.1, -0.05) is 12.1 Å². The van der Waals surface area contributed by atoms with Crippen LogP contribution in [0.3, 0.4) is 0 Å². The predicted octanol–water partition coefficient (Wildman–Crippen LogP) is 6.48. The summed E-state index contributed by atoms with van der Waals surface area (Å²) < 4.78 is 99.9. The van der Waals surface area contributed by atoms with E-state index in [4.69, 9.17) is 4.74 Å². The molecule has 8 heteroatoms. The van der Waals surface area contributed by atoms with Crippen molar-refractivity contribution in [1.82, 2.24) is 0 Å². The third kappa shape index (κ3) is 3.43. The maximum Gasteiger partial charge on any atom is 0.422 e. The molecular weight excluding hydrogens is 377 g/mol. The van der Waals surface area contributed by atoms with Crippen molar-refractivity contribution in [3.05, 3.63) is 65.2 Å². The quantitative estimate of drug-likeness (QED) is 0.467. The first kappa shape index (κ1) is 19.0. The third-order valence-electron chi connectivity index (χ3n) is 3.93. The molecule has 0 spiro atoms. The van der Waals surface area contributed by atoms with Crippen LogP contribution in [0.5, 0.6) is 5.75 Å². The Bertz CT molecular complexity index is 1000. The van der Waals surface area contributed by atoms with E-state index in [9.17, 15) is 30.7 Å². The Hall–Kier alpha value is -2.77. The lowest BCUT2D eigenvalue weighted by atomic mass is 9.98. The highest BCUT2D eigenvalue weighted by Gasteiger charge is 2.38. The minimum Gasteiger partial charge on any atom is -0.494 e. The number of benzene rings is 3. The second-order valence-electron chi connectivity index (χ2n) is 5.68. The number of ether oxygens (including phenoxy) is 1. The normalized spacial score (nSPS) is 11.9. The molecule has 0 aliphatic rings. The number of hydrogen-bond donors (Lipinski definition) is 0. The molecule has 0 N–H and O–H groups in total. The van der Waals surface area contributed by atoms with Crippen LogP contribution in [0, 0.1) is 23.3 Å². The van der Waals surface area contributed by atoms with Crippen LogP contribution >= 0.6 is 0 Å². The van der Waals surface area contributed by atoms with Crippen LogP contribution in [0.15, 0.2) is 36.4 Å². The lowest BCUT2D eigenvalue weighted by molar-refractivity contribution is -0.142. The van der Waals surface area contributed by atoms with E-state index in [2.05, 4.69) is 0 Å². The van der Waals surface area contributed by atoms with Gasteiger partial charge in [-0.05, 0) is 30.0 Å². The van der Waals surface area contributed by atoms with Gasteiger partial charge in [0.1, 0.15) is 34.6 Å². The molecule has 0 saturated heterocycles. The predicted molar refractivity (Wildman–Crippen MR) is 85.4 cm³/mol. The summed E-state index contributed by atoms with van der Waals surface area (Å²) in [6.45, 7) is 1.82. The van der Waals surface area contributed by atoms with Gasteiger partial charge >= 0.3 is 6.18 Å². The molecular formula is C19H11F7O. The Labute approximate surface area is 149 Å². The van der Waals surface area contributed by atoms with Crippen LogP contribution in [0.4, 0.5) is 30.7 Å². The summed E-state index contributed by atoms with van der Waals surface area (Å²) in [7, 11) is 0. The first-order chi connectivity index (χ1) is 12.6. The summed E-state index contributed by atoms with van der Waals surface area (Å²) in [5, 5.41) is -0.776. The fourth-order valence-electron chi connectivity index (χ4n) is 2.82. The van der Waals surface area contributed by atoms with Crippen LogP contribution in [-0.4, -0.2) is 6.61 Å². The highest BCUT2D eigenvalue weighted by molar-refractivity contribution is 5.89. The number of alkyl halides is 3. The molecule has 0 amide bonds. The molecule has 0 aliphatic heterocycles. The lowest BCUT2D eigenvalue weighted by Crippen LogP contribution is -2.11. The first-order valence-corrected chi connectivity index (χ1v) is 7.74. The van der Waals surface area contributed by atoms with Crippen LogP contribution < -0.4 is 4.74 Å². The summed E-state index contributed by atoms with van der Waals surface area (Å²) in [5.41, 5.74) is -2.58. The number of halogens is 7. The van der Waals surface area contributed by atoms with Crippen molar-refractivity contribution in [3.63, 3.8) is 0 Å². The van der Waals surface area contributed by atoms with E-state index < -0.39 is 46.0 Å². The molecule has 3 aromatic carbocycles. The standard InChI is InChI=1S/C19H11F7O/c1-2-27-11-7-13(20)16(14(21)8-11)9-3-4-12-10(5-9)6-15(22)17(18(12)23)19(24,25)26/h3-8H,2H2,1H3. The molecule has 3 rings (SSSR count). The Kier molecular flexibility index (Phi) is 4.75. The molecule has 3 aromatic rings. The molecule has 0 unspecified atom stereocenters. The van der Waals surface area contributed by atoms with Crippen LogP contribution in [0.25, 0.3) is 21.9 Å². The molecule has 0 atom stereocenters. The zero-order valence-electron chi connectivity index (χ0n) is 13.7. The maximum atomic E-state index is 14.3. The minimum absolute atomic E-state index is 0.0380. The summed E-state index contributed by atoms with van der Waals surface area (Å²) in [6, 6.07) is 5.37. The van der Waals surface area contributed by atoms with E-state index in [1.807, 2.05) is 0 Å². The van der Waals surface area contributed by atoms with Gasteiger partial charge in [-0.2, -0.15) is 13.2 Å². The molecule has 0 aliphatic carbocycles. The van der Waals surface area contributed by atoms with Gasteiger partial charge in [-0.3, -0.25) is 0 Å². The Balaban J connectivity index is 2.19. The summed E-state index contributed by atoms with van der Waals surface area (Å²) in [6.07, 6.45) is -5.21. The van der Waals surface area contributed by atoms with Crippen molar-refractivity contribution in [2.45, 2.75) is 13.1 Å². The van der Waals surface area contributed by atoms with E-state index >= 15 is 0 Å². The molecule has 0 heterocycles. The second-order valence-corrected chi connectivity index (χ2v) is 5.68. The summed E-state index contributed by atoms with van der Waals surface area (Å²) >= 11 is 0. The fraction of sp³-hybridized carbons (Fsp3) is 0.158. The monoisotopic (exact) mass is 388 g/mol. The summed E-state index contributed by atoms with van der Waals surface area (Å²) in [5.74, 6) is -5.59. The second kappa shape index (κ2) is 6.75. The molecule has 0 bridgehead atoms. The first-order valence-electron chi connectivity index (χ1n) is 7.74. The molecule has 0 aromatic heterocycles. The van der Waals surface area contributed by atoms with Crippen molar-refractivity contribution >= 4 is 10.8 Å². The van der Waals surface area contributed by atoms with Crippen molar-refractivity contribution in [1.29, 1.82) is 0 Å². The van der Waals surface area contributed by atoms with Gasteiger partial charge in [0, 0.05) is 17.5 Å². The van der Waals surface area contributed by atoms with Gasteiger partial charge in [0.25, 0.3) is 0 Å². The van der Waals surface area contributed by atoms with E-state index in [0.29, 0.717) is 6.07 Å². The SMILES string of the molecule is CCOc1cc(F)c(-c2ccc3c(F)c(C(F)(F)F)c(F)cc3c2)c(F)c1. The van der Waals surface area contributed by atoms with E-state index in [1.165, 1.54) is 0 Å². The Morgan fingerprint density at radius 2 is 1.48 bits per heavy atom. The molecule has 1 nitrogen and oxygen atoms in total. The molecule has 0 saturated carbocycles. The van der Waals surface area contributed by atoms with Crippen LogP contribution in [0.2, 0.25) is 0 Å². The van der Waals surface area contributed by atoms with Gasteiger partial charge in [0.2, 0.25) is 0 Å². The maximum absolute atomic E-state index is 14.3. The number of hydrogen-bond acceptors (Lipinski definition) is 1. The van der Waals surface area contributed by atoms with Gasteiger partial charge < -0.3 is 4.74 Å². The zero-order chi connectivity index (χ0) is 19.9. The fourth-order valence-corrected chi connectivity index (χ4v) is 2.82. The van der Waals surface area contributed by atoms with Gasteiger partial charge in [0.15, 0.2) is 0 Å². The summed E-state index contributed by atoms with van der Waals surface area (Å²) in [4.78, 5) is 0. The van der Waals surface area contributed by atoms with E-state index in [0.717, 1.165) is 30.3 Å². The van der Waals surface area contributed by atoms with E-state index in [-0.39, 0.29) is 23.3 Å². The smallest absolute Gasteiger partial charge is 0.422 e.